The number of anilines is 1. The number of piperazine rings is 1. The first-order chi connectivity index (χ1) is 18.2. The summed E-state index contributed by atoms with van der Waals surface area (Å²) < 4.78 is 0. The van der Waals surface area contributed by atoms with Gasteiger partial charge in [-0.1, -0.05) is 36.8 Å². The topological polar surface area (TPSA) is 77.2 Å². The number of carbonyl (C=O) groups excluding carboxylic acids is 1. The molecule has 2 aromatic heterocycles. The molecule has 37 heavy (non-hydrogen) atoms. The molecule has 188 valence electrons. The molecular formula is C29H30N6OS. The molecule has 1 unspecified atom stereocenters. The van der Waals surface area contributed by atoms with E-state index >= 15 is 0 Å². The van der Waals surface area contributed by atoms with Crippen LogP contribution in [-0.4, -0.2) is 63.1 Å². The molecule has 2 saturated heterocycles. The van der Waals surface area contributed by atoms with E-state index in [1.165, 1.54) is 36.9 Å². The molecule has 2 fully saturated rings. The normalized spacial score (nSPS) is 19.7. The van der Waals surface area contributed by atoms with Gasteiger partial charge in [0.15, 0.2) is 0 Å². The number of H-pyrrole nitrogens is 1. The average molecular weight is 511 g/mol. The van der Waals surface area contributed by atoms with Gasteiger partial charge < -0.3 is 5.32 Å². The summed E-state index contributed by atoms with van der Waals surface area (Å²) in [4.78, 5) is 23.1. The van der Waals surface area contributed by atoms with Gasteiger partial charge >= 0.3 is 0 Å². The quantitative estimate of drug-likeness (QED) is 0.387. The van der Waals surface area contributed by atoms with Gasteiger partial charge in [0.1, 0.15) is 10.7 Å². The molecule has 7 nitrogen and oxygen atoms in total. The molecular weight excluding hydrogens is 480 g/mol. The largest absolute Gasteiger partial charge is 0.320 e. The molecule has 7 rings (SSSR count). The van der Waals surface area contributed by atoms with Crippen molar-refractivity contribution in [3.63, 3.8) is 0 Å². The Balaban J connectivity index is 1.10. The van der Waals surface area contributed by atoms with Crippen LogP contribution in [0.4, 0.5) is 5.69 Å². The first kappa shape index (κ1) is 22.8. The summed E-state index contributed by atoms with van der Waals surface area (Å²) in [5, 5.41) is 14.2. The molecule has 8 heteroatoms. The number of thiazole rings is 1. The zero-order valence-corrected chi connectivity index (χ0v) is 21.6. The smallest absolute Gasteiger partial charge is 0.275 e. The predicted molar refractivity (Wildman–Crippen MR) is 149 cm³/mol. The lowest BCUT2D eigenvalue weighted by molar-refractivity contribution is 0.0456. The Hall–Kier alpha value is -3.33. The van der Waals surface area contributed by atoms with E-state index in [0.717, 1.165) is 65.3 Å². The fourth-order valence-corrected chi connectivity index (χ4v) is 6.90. The molecule has 0 spiro atoms. The Labute approximate surface area is 220 Å². The highest BCUT2D eigenvalue weighted by Crippen LogP contribution is 2.35. The number of amides is 1. The third-order valence-electron chi connectivity index (χ3n) is 8.00. The van der Waals surface area contributed by atoms with Gasteiger partial charge in [-0.2, -0.15) is 5.10 Å². The number of carbonyl (C=O) groups is 1. The third-order valence-corrected chi connectivity index (χ3v) is 8.83. The van der Waals surface area contributed by atoms with E-state index in [9.17, 15) is 4.79 Å². The molecule has 3 aliphatic rings. The summed E-state index contributed by atoms with van der Waals surface area (Å²) in [5.74, 6) is -0.183. The van der Waals surface area contributed by atoms with Crippen molar-refractivity contribution in [2.24, 2.45) is 0 Å². The van der Waals surface area contributed by atoms with Gasteiger partial charge in [-0.3, -0.25) is 19.7 Å². The van der Waals surface area contributed by atoms with E-state index < -0.39 is 0 Å². The van der Waals surface area contributed by atoms with Crippen molar-refractivity contribution in [2.45, 2.75) is 38.3 Å². The van der Waals surface area contributed by atoms with Crippen LogP contribution in [0.2, 0.25) is 0 Å². The van der Waals surface area contributed by atoms with Crippen molar-refractivity contribution in [1.82, 2.24) is 25.0 Å². The van der Waals surface area contributed by atoms with Crippen molar-refractivity contribution in [3.05, 3.63) is 69.8 Å². The zero-order chi connectivity index (χ0) is 24.8. The fraction of sp³-hybridized carbons (Fsp3) is 0.345. The van der Waals surface area contributed by atoms with E-state index in [-0.39, 0.29) is 5.91 Å². The van der Waals surface area contributed by atoms with E-state index in [1.54, 1.807) is 17.5 Å². The van der Waals surface area contributed by atoms with Gasteiger partial charge in [0.2, 0.25) is 0 Å². The highest BCUT2D eigenvalue weighted by Gasteiger charge is 2.29. The molecule has 1 aliphatic carbocycles. The van der Waals surface area contributed by atoms with Crippen LogP contribution in [0.3, 0.4) is 0 Å². The van der Waals surface area contributed by atoms with Crippen LogP contribution in [0.5, 0.6) is 0 Å². The Morgan fingerprint density at radius 3 is 3.14 bits per heavy atom. The standard InChI is InChI=1S/C29H30N6OS/c36-29(27-18-37-28(31-27)17-34-11-12-35-10-2-1-7-21(35)16-34)32-25-13-20(14-26-24(25)15-30-33-26)23-9-4-6-19-5-3-8-22(19)23/h3-4,6,8-9,13-15,18,21H,1-2,5,7,10-12,16-17H2,(H,30,33)(H,32,36). The molecule has 4 heterocycles. The number of hydrogen-bond acceptors (Lipinski definition) is 6. The minimum Gasteiger partial charge on any atom is -0.320 e. The number of fused-ring (bicyclic) bond motifs is 3. The van der Waals surface area contributed by atoms with Crippen LogP contribution in [0.1, 0.15) is 45.9 Å². The Morgan fingerprint density at radius 2 is 2.16 bits per heavy atom. The highest BCUT2D eigenvalue weighted by atomic mass is 32.1. The summed E-state index contributed by atoms with van der Waals surface area (Å²) in [5.41, 5.74) is 6.90. The number of rotatable bonds is 5. The van der Waals surface area contributed by atoms with E-state index in [0.29, 0.717) is 11.7 Å². The molecule has 2 aromatic carbocycles. The monoisotopic (exact) mass is 510 g/mol. The molecule has 1 amide bonds. The molecule has 1 atom stereocenters. The fourth-order valence-electron chi connectivity index (χ4n) is 6.08. The molecule has 2 aliphatic heterocycles. The molecule has 4 aromatic rings. The predicted octanol–water partition coefficient (Wildman–Crippen LogP) is 5.18. The van der Waals surface area contributed by atoms with Crippen LogP contribution >= 0.6 is 11.3 Å². The summed E-state index contributed by atoms with van der Waals surface area (Å²) >= 11 is 1.58. The number of hydrogen-bond donors (Lipinski definition) is 2. The number of nitrogens with zero attached hydrogens (tertiary/aromatic N) is 4. The number of benzene rings is 2. The first-order valence-corrected chi connectivity index (χ1v) is 14.1. The van der Waals surface area contributed by atoms with Gasteiger partial charge in [0, 0.05) is 36.4 Å². The molecule has 0 radical (unpaired) electrons. The van der Waals surface area contributed by atoms with Crippen LogP contribution in [0.15, 0.2) is 48.0 Å². The van der Waals surface area contributed by atoms with Crippen molar-refractivity contribution in [2.75, 3.05) is 31.5 Å². The second kappa shape index (κ2) is 9.52. The second-order valence-corrected chi connectivity index (χ2v) is 11.3. The lowest BCUT2D eigenvalue weighted by Gasteiger charge is -2.43. The lowest BCUT2D eigenvalue weighted by Crippen LogP contribution is -2.54. The zero-order valence-electron chi connectivity index (χ0n) is 20.7. The Morgan fingerprint density at radius 1 is 1.19 bits per heavy atom. The van der Waals surface area contributed by atoms with Crippen LogP contribution in [0, 0.1) is 0 Å². The van der Waals surface area contributed by atoms with Crippen LogP contribution in [0.25, 0.3) is 28.1 Å². The number of aromatic nitrogens is 3. The minimum absolute atomic E-state index is 0.183. The number of piperidine rings is 1. The van der Waals surface area contributed by atoms with Crippen LogP contribution in [-0.2, 0) is 13.0 Å². The third kappa shape index (κ3) is 4.39. The van der Waals surface area contributed by atoms with Crippen LogP contribution < -0.4 is 5.32 Å². The van der Waals surface area contributed by atoms with E-state index in [2.05, 4.69) is 67.8 Å². The molecule has 0 bridgehead atoms. The summed E-state index contributed by atoms with van der Waals surface area (Å²) in [6, 6.07) is 11.2. The molecule has 2 N–H and O–H groups in total. The van der Waals surface area contributed by atoms with Gasteiger partial charge in [0.25, 0.3) is 5.91 Å². The van der Waals surface area contributed by atoms with E-state index in [4.69, 9.17) is 4.98 Å². The second-order valence-electron chi connectivity index (χ2n) is 10.3. The van der Waals surface area contributed by atoms with Gasteiger partial charge in [-0.25, -0.2) is 4.98 Å². The number of aromatic amines is 1. The summed E-state index contributed by atoms with van der Waals surface area (Å²) in [6.45, 7) is 5.37. The SMILES string of the molecule is O=C(Nc1cc(-c2cccc3c2C=CC3)cc2[nH]ncc12)c1csc(CN2CCN3CCCCC3C2)n1. The Kier molecular flexibility index (Phi) is 5.88. The first-order valence-electron chi connectivity index (χ1n) is 13.2. The average Bonchev–Trinajstić information content (AvgIpc) is 3.69. The maximum atomic E-state index is 13.3. The maximum absolute atomic E-state index is 13.3. The van der Waals surface area contributed by atoms with Crippen molar-refractivity contribution in [1.29, 1.82) is 0 Å². The summed E-state index contributed by atoms with van der Waals surface area (Å²) in [6.07, 6.45) is 11.1. The van der Waals surface area contributed by atoms with Gasteiger partial charge in [0.05, 0.1) is 23.9 Å². The number of nitrogens with one attached hydrogen (secondary N) is 2. The minimum atomic E-state index is -0.183. The van der Waals surface area contributed by atoms with Crippen molar-refractivity contribution < 1.29 is 4.79 Å². The van der Waals surface area contributed by atoms with Gasteiger partial charge in [-0.05, 0) is 60.2 Å². The Bertz CT molecular complexity index is 1500. The summed E-state index contributed by atoms with van der Waals surface area (Å²) in [7, 11) is 0. The van der Waals surface area contributed by atoms with Crippen molar-refractivity contribution >= 4 is 39.9 Å². The lowest BCUT2D eigenvalue weighted by atomic mass is 9.96. The highest BCUT2D eigenvalue weighted by molar-refractivity contribution is 7.09. The number of allylic oxidation sites excluding steroid dienone is 1. The van der Waals surface area contributed by atoms with E-state index in [1.807, 2.05) is 5.38 Å². The maximum Gasteiger partial charge on any atom is 0.275 e. The van der Waals surface area contributed by atoms with Crippen molar-refractivity contribution in [3.8, 4) is 11.1 Å². The molecule has 0 saturated carbocycles. The van der Waals surface area contributed by atoms with Gasteiger partial charge in [-0.15, -0.1) is 11.3 Å².